The van der Waals surface area contributed by atoms with Gasteiger partial charge in [0.2, 0.25) is 5.89 Å². The van der Waals surface area contributed by atoms with E-state index >= 15 is 0 Å². The second-order valence-corrected chi connectivity index (χ2v) is 8.52. The monoisotopic (exact) mass is 510 g/mol. The molecule has 0 atom stereocenters. The molecule has 0 amide bonds. The maximum atomic E-state index is 6.27. The Hall–Kier alpha value is -2.86. The molecule has 0 spiro atoms. The molecule has 0 unspecified atom stereocenters. The normalized spacial score (nSPS) is 11.6. The van der Waals surface area contributed by atoms with Crippen molar-refractivity contribution >= 4 is 62.1 Å². The molecule has 0 aliphatic rings. The highest BCUT2D eigenvalue weighted by atomic mass is 79.9. The van der Waals surface area contributed by atoms with Gasteiger partial charge in [-0.25, -0.2) is 4.98 Å². The van der Waals surface area contributed by atoms with Gasteiger partial charge >= 0.3 is 0 Å². The summed E-state index contributed by atoms with van der Waals surface area (Å²) in [5, 5.41) is 1.04. The Labute approximate surface area is 196 Å². The summed E-state index contributed by atoms with van der Waals surface area (Å²) in [6, 6.07) is 22.5. The summed E-state index contributed by atoms with van der Waals surface area (Å²) < 4.78 is 12.7. The highest BCUT2D eigenvalue weighted by Gasteiger charge is 2.12. The topological polar surface area (TPSA) is 51.5 Å². The zero-order valence-electron chi connectivity index (χ0n) is 15.9. The Morgan fingerprint density at radius 2 is 1.71 bits per heavy atom. The second kappa shape index (κ2) is 8.35. The van der Waals surface area contributed by atoms with E-state index in [0.717, 1.165) is 21.5 Å². The van der Waals surface area contributed by atoms with Gasteiger partial charge in [-0.05, 0) is 60.7 Å². The summed E-state index contributed by atoms with van der Waals surface area (Å²) in [5.74, 6) is 1.88. The van der Waals surface area contributed by atoms with Crippen LogP contribution in [0.25, 0.3) is 33.9 Å². The van der Waals surface area contributed by atoms with Crippen molar-refractivity contribution in [2.45, 2.75) is 0 Å². The molecule has 5 rings (SSSR count). The number of rotatable bonds is 4. The van der Waals surface area contributed by atoms with Crippen LogP contribution in [0.5, 0.6) is 0 Å². The van der Waals surface area contributed by atoms with Crippen molar-refractivity contribution in [3.63, 3.8) is 0 Å². The lowest BCUT2D eigenvalue weighted by atomic mass is 10.2. The Morgan fingerprint density at radius 1 is 0.871 bits per heavy atom. The number of furan rings is 1. The molecule has 31 heavy (non-hydrogen) atoms. The van der Waals surface area contributed by atoms with E-state index in [4.69, 9.17) is 32.0 Å². The van der Waals surface area contributed by atoms with Gasteiger partial charge in [0.1, 0.15) is 17.0 Å². The Bertz CT molecular complexity index is 1420. The van der Waals surface area contributed by atoms with Crippen LogP contribution in [-0.2, 0) is 0 Å². The van der Waals surface area contributed by atoms with Gasteiger partial charge in [-0.1, -0.05) is 51.3 Å². The van der Waals surface area contributed by atoms with Crippen molar-refractivity contribution in [3.05, 3.63) is 93.1 Å². The Balaban J connectivity index is 1.39. The van der Waals surface area contributed by atoms with E-state index in [0.29, 0.717) is 38.4 Å². The van der Waals surface area contributed by atoms with Gasteiger partial charge < -0.3 is 8.83 Å². The predicted molar refractivity (Wildman–Crippen MR) is 129 cm³/mol. The van der Waals surface area contributed by atoms with E-state index in [-0.39, 0.29) is 0 Å². The van der Waals surface area contributed by atoms with Gasteiger partial charge in [-0.15, -0.1) is 0 Å². The molecule has 3 aromatic carbocycles. The van der Waals surface area contributed by atoms with Gasteiger partial charge in [0.15, 0.2) is 5.58 Å². The molecule has 0 bridgehead atoms. The van der Waals surface area contributed by atoms with Gasteiger partial charge in [0.25, 0.3) is 0 Å². The fraction of sp³-hybridized carbons (Fsp3) is 0. The lowest BCUT2D eigenvalue weighted by Gasteiger charge is -1.98. The van der Waals surface area contributed by atoms with Crippen LogP contribution in [0.2, 0.25) is 10.0 Å². The van der Waals surface area contributed by atoms with Crippen LogP contribution >= 0.6 is 39.1 Å². The minimum Gasteiger partial charge on any atom is -0.455 e. The summed E-state index contributed by atoms with van der Waals surface area (Å²) in [4.78, 5) is 9.05. The third-order valence-electron chi connectivity index (χ3n) is 4.63. The molecule has 4 nitrogen and oxygen atoms in total. The average molecular weight is 512 g/mol. The number of nitrogens with zero attached hydrogens (tertiary/aromatic N) is 2. The van der Waals surface area contributed by atoms with E-state index in [2.05, 4.69) is 25.9 Å². The van der Waals surface area contributed by atoms with Crippen LogP contribution in [0.4, 0.5) is 5.69 Å². The van der Waals surface area contributed by atoms with Crippen molar-refractivity contribution in [1.29, 1.82) is 0 Å². The molecule has 2 aromatic heterocycles. The standard InChI is InChI=1S/C24H13BrCl2N2O2/c25-15-3-1-14(2-4-15)22-10-7-18(30-22)13-28-17-6-9-23-21(12-17)29-24(31-23)19-8-5-16(26)11-20(19)27/h1-13H. The minimum atomic E-state index is 0.433. The van der Waals surface area contributed by atoms with Crippen molar-refractivity contribution < 1.29 is 8.83 Å². The first kappa shape index (κ1) is 20.1. The quantitative estimate of drug-likeness (QED) is 0.227. The SMILES string of the molecule is Clc1ccc(-c2nc3cc(N=Cc4ccc(-c5ccc(Br)cc5)o4)ccc3o2)c(Cl)c1. The molecule has 0 fully saturated rings. The van der Waals surface area contributed by atoms with Gasteiger partial charge in [0, 0.05) is 15.1 Å². The number of hydrogen-bond acceptors (Lipinski definition) is 4. The number of halogens is 3. The number of aromatic nitrogens is 1. The van der Waals surface area contributed by atoms with Crippen molar-refractivity contribution in [3.8, 4) is 22.8 Å². The summed E-state index contributed by atoms with van der Waals surface area (Å²) in [5.41, 5.74) is 3.75. The van der Waals surface area contributed by atoms with E-state index in [1.807, 2.05) is 54.6 Å². The van der Waals surface area contributed by atoms with Crippen molar-refractivity contribution in [1.82, 2.24) is 4.98 Å². The zero-order valence-corrected chi connectivity index (χ0v) is 18.9. The largest absolute Gasteiger partial charge is 0.455 e. The maximum absolute atomic E-state index is 6.27. The Morgan fingerprint density at radius 3 is 2.52 bits per heavy atom. The van der Waals surface area contributed by atoms with Crippen LogP contribution in [0.1, 0.15) is 5.76 Å². The molecule has 152 valence electrons. The third-order valence-corrected chi connectivity index (χ3v) is 5.71. The van der Waals surface area contributed by atoms with E-state index in [1.165, 1.54) is 0 Å². The second-order valence-electron chi connectivity index (χ2n) is 6.76. The van der Waals surface area contributed by atoms with Gasteiger partial charge in [0.05, 0.1) is 22.5 Å². The lowest BCUT2D eigenvalue weighted by Crippen LogP contribution is -1.79. The van der Waals surface area contributed by atoms with Crippen LogP contribution < -0.4 is 0 Å². The Kier molecular flexibility index (Phi) is 5.40. The van der Waals surface area contributed by atoms with Gasteiger partial charge in [-0.2, -0.15) is 0 Å². The summed E-state index contributed by atoms with van der Waals surface area (Å²) in [6.07, 6.45) is 1.68. The third kappa shape index (κ3) is 4.30. The summed E-state index contributed by atoms with van der Waals surface area (Å²) in [6.45, 7) is 0. The van der Waals surface area contributed by atoms with Crippen LogP contribution in [-0.4, -0.2) is 11.2 Å². The maximum Gasteiger partial charge on any atom is 0.228 e. The number of aliphatic imine (C=N–C) groups is 1. The molecule has 0 aliphatic heterocycles. The van der Waals surface area contributed by atoms with Crippen LogP contribution in [0.3, 0.4) is 0 Å². The van der Waals surface area contributed by atoms with Gasteiger partial charge in [-0.3, -0.25) is 4.99 Å². The summed E-state index contributed by atoms with van der Waals surface area (Å²) >= 11 is 15.7. The van der Waals surface area contributed by atoms with E-state index in [9.17, 15) is 0 Å². The fourth-order valence-electron chi connectivity index (χ4n) is 3.10. The number of hydrogen-bond donors (Lipinski definition) is 0. The molecule has 0 saturated heterocycles. The van der Waals surface area contributed by atoms with E-state index in [1.54, 1.807) is 24.4 Å². The highest BCUT2D eigenvalue weighted by Crippen LogP contribution is 2.33. The lowest BCUT2D eigenvalue weighted by molar-refractivity contribution is 0.575. The van der Waals surface area contributed by atoms with Crippen LogP contribution in [0, 0.1) is 0 Å². The molecular weight excluding hydrogens is 499 g/mol. The fourth-order valence-corrected chi connectivity index (χ4v) is 3.86. The molecule has 0 radical (unpaired) electrons. The number of oxazole rings is 1. The van der Waals surface area contributed by atoms with Crippen LogP contribution in [0.15, 0.2) is 91.1 Å². The first-order chi connectivity index (χ1) is 15.0. The zero-order chi connectivity index (χ0) is 21.4. The number of fused-ring (bicyclic) bond motifs is 1. The predicted octanol–water partition coefficient (Wildman–Crippen LogP) is 8.57. The first-order valence-electron chi connectivity index (χ1n) is 9.31. The van der Waals surface area contributed by atoms with Crippen molar-refractivity contribution in [2.75, 3.05) is 0 Å². The molecule has 7 heteroatoms. The summed E-state index contributed by atoms with van der Waals surface area (Å²) in [7, 11) is 0. The first-order valence-corrected chi connectivity index (χ1v) is 10.9. The molecule has 0 saturated carbocycles. The highest BCUT2D eigenvalue weighted by molar-refractivity contribution is 9.10. The molecular formula is C24H13BrCl2N2O2. The van der Waals surface area contributed by atoms with E-state index < -0.39 is 0 Å². The molecule has 0 aliphatic carbocycles. The minimum absolute atomic E-state index is 0.433. The van der Waals surface area contributed by atoms with Crippen molar-refractivity contribution in [2.24, 2.45) is 4.99 Å². The average Bonchev–Trinajstić information content (AvgIpc) is 3.39. The number of benzene rings is 3. The molecule has 5 aromatic rings. The molecule has 2 heterocycles. The smallest absolute Gasteiger partial charge is 0.228 e. The molecule has 0 N–H and O–H groups in total.